The van der Waals surface area contributed by atoms with Gasteiger partial charge in [0.1, 0.15) is 36.3 Å². The Labute approximate surface area is 184 Å². The highest BCUT2D eigenvalue weighted by atomic mass is 35.5. The second kappa shape index (κ2) is 9.53. The number of aliphatic hydroxyl groups excluding tert-OH is 4. The quantitative estimate of drug-likeness (QED) is 0.535. The predicted molar refractivity (Wildman–Crippen MR) is 114 cm³/mol. The summed E-state index contributed by atoms with van der Waals surface area (Å²) in [5.41, 5.74) is 1.96. The highest BCUT2D eigenvalue weighted by molar-refractivity contribution is 7.16. The molecule has 2 heterocycles. The van der Waals surface area contributed by atoms with Crippen LogP contribution in [0.4, 0.5) is 0 Å². The van der Waals surface area contributed by atoms with Crippen LogP contribution in [0, 0.1) is 0 Å². The van der Waals surface area contributed by atoms with E-state index in [4.69, 9.17) is 21.1 Å². The van der Waals surface area contributed by atoms with E-state index in [0.717, 1.165) is 29.7 Å². The van der Waals surface area contributed by atoms with Crippen molar-refractivity contribution >= 4 is 22.9 Å². The van der Waals surface area contributed by atoms with Gasteiger partial charge in [0.05, 0.1) is 17.0 Å². The molecule has 2 fully saturated rings. The first-order chi connectivity index (χ1) is 14.5. The molecule has 4 N–H and O–H groups in total. The van der Waals surface area contributed by atoms with Crippen LogP contribution in [0.25, 0.3) is 0 Å². The second-order valence-electron chi connectivity index (χ2n) is 8.04. The molecular formula is C22H27ClO6S. The molecule has 0 spiro atoms. The predicted octanol–water partition coefficient (Wildman–Crippen LogP) is 2.83. The van der Waals surface area contributed by atoms with Crippen LogP contribution in [0.15, 0.2) is 30.3 Å². The van der Waals surface area contributed by atoms with Crippen molar-refractivity contribution in [1.29, 1.82) is 0 Å². The maximum Gasteiger partial charge on any atom is 0.121 e. The normalized spacial score (nSPS) is 30.0. The van der Waals surface area contributed by atoms with Gasteiger partial charge in [-0.1, -0.05) is 23.7 Å². The van der Waals surface area contributed by atoms with E-state index in [9.17, 15) is 20.4 Å². The Bertz CT molecular complexity index is 833. The average molecular weight is 455 g/mol. The van der Waals surface area contributed by atoms with Crippen molar-refractivity contribution in [3.8, 4) is 5.75 Å². The number of thiophene rings is 1. The summed E-state index contributed by atoms with van der Waals surface area (Å²) in [5, 5.41) is 39.7. The summed E-state index contributed by atoms with van der Waals surface area (Å²) in [6.07, 6.45) is -0.258. The Morgan fingerprint density at radius 2 is 1.73 bits per heavy atom. The van der Waals surface area contributed by atoms with E-state index in [1.807, 2.05) is 30.3 Å². The van der Waals surface area contributed by atoms with Crippen LogP contribution < -0.4 is 4.74 Å². The molecule has 4 rings (SSSR count). The molecular weight excluding hydrogens is 428 g/mol. The van der Waals surface area contributed by atoms with E-state index < -0.39 is 37.1 Å². The molecule has 1 aliphatic heterocycles. The lowest BCUT2D eigenvalue weighted by atomic mass is 9.94. The largest absolute Gasteiger partial charge is 0.490 e. The molecule has 1 aromatic heterocycles. The first-order valence-corrected chi connectivity index (χ1v) is 11.5. The molecule has 1 aromatic carbocycles. The highest BCUT2D eigenvalue weighted by Crippen LogP contribution is 2.40. The van der Waals surface area contributed by atoms with Crippen molar-refractivity contribution in [2.45, 2.75) is 68.7 Å². The van der Waals surface area contributed by atoms with E-state index in [0.29, 0.717) is 21.7 Å². The first-order valence-electron chi connectivity index (χ1n) is 10.3. The fraction of sp³-hybridized carbons (Fsp3) is 0.545. The minimum Gasteiger partial charge on any atom is -0.490 e. The lowest BCUT2D eigenvalue weighted by Gasteiger charge is -2.39. The average Bonchev–Trinajstić information content (AvgIpc) is 3.38. The molecule has 1 aliphatic carbocycles. The minimum absolute atomic E-state index is 0.322. The smallest absolute Gasteiger partial charge is 0.121 e. The van der Waals surface area contributed by atoms with Gasteiger partial charge in [-0.25, -0.2) is 0 Å². The zero-order valence-corrected chi connectivity index (χ0v) is 18.1. The van der Waals surface area contributed by atoms with Crippen LogP contribution in [0.2, 0.25) is 4.34 Å². The van der Waals surface area contributed by atoms with Crippen molar-refractivity contribution < 1.29 is 29.9 Å². The lowest BCUT2D eigenvalue weighted by Crippen LogP contribution is -2.55. The Balaban J connectivity index is 1.45. The van der Waals surface area contributed by atoms with Crippen LogP contribution in [0.5, 0.6) is 5.75 Å². The summed E-state index contributed by atoms with van der Waals surface area (Å²) in [6.45, 7) is -0.456. The zero-order valence-electron chi connectivity index (χ0n) is 16.5. The second-order valence-corrected chi connectivity index (χ2v) is 9.73. The van der Waals surface area contributed by atoms with Gasteiger partial charge in [0.15, 0.2) is 0 Å². The number of aliphatic hydroxyl groups is 4. The fourth-order valence-electron chi connectivity index (χ4n) is 4.13. The highest BCUT2D eigenvalue weighted by Gasteiger charge is 2.44. The fourth-order valence-corrected chi connectivity index (χ4v) is 5.50. The summed E-state index contributed by atoms with van der Waals surface area (Å²) in [7, 11) is 0. The Kier molecular flexibility index (Phi) is 6.99. The van der Waals surface area contributed by atoms with Crippen LogP contribution in [0.3, 0.4) is 0 Å². The monoisotopic (exact) mass is 454 g/mol. The van der Waals surface area contributed by atoms with Gasteiger partial charge in [0.2, 0.25) is 0 Å². The third-order valence-electron chi connectivity index (χ3n) is 5.87. The Morgan fingerprint density at radius 1 is 1.03 bits per heavy atom. The van der Waals surface area contributed by atoms with Gasteiger partial charge in [0.25, 0.3) is 0 Å². The van der Waals surface area contributed by atoms with Gasteiger partial charge in [-0.15, -0.1) is 11.3 Å². The lowest BCUT2D eigenvalue weighted by molar-refractivity contribution is -0.230. The van der Waals surface area contributed by atoms with Gasteiger partial charge < -0.3 is 29.9 Å². The summed E-state index contributed by atoms with van der Waals surface area (Å²) < 4.78 is 12.2. The van der Waals surface area contributed by atoms with Crippen molar-refractivity contribution in [2.24, 2.45) is 0 Å². The van der Waals surface area contributed by atoms with Gasteiger partial charge in [-0.3, -0.25) is 0 Å². The molecule has 1 saturated heterocycles. The van der Waals surface area contributed by atoms with E-state index in [1.54, 1.807) is 0 Å². The maximum absolute atomic E-state index is 10.3. The minimum atomic E-state index is -1.40. The molecule has 0 amide bonds. The molecule has 5 atom stereocenters. The van der Waals surface area contributed by atoms with Crippen LogP contribution in [0.1, 0.15) is 47.8 Å². The van der Waals surface area contributed by atoms with E-state index in [2.05, 4.69) is 0 Å². The van der Waals surface area contributed by atoms with Gasteiger partial charge in [-0.2, -0.15) is 0 Å². The van der Waals surface area contributed by atoms with E-state index in [-0.39, 0.29) is 0 Å². The summed E-state index contributed by atoms with van der Waals surface area (Å²) >= 11 is 7.70. The zero-order chi connectivity index (χ0) is 21.3. The molecule has 0 radical (unpaired) electrons. The number of hydrogen-bond donors (Lipinski definition) is 4. The molecule has 164 valence electrons. The maximum atomic E-state index is 10.3. The van der Waals surface area contributed by atoms with Crippen molar-refractivity contribution in [3.05, 3.63) is 50.7 Å². The molecule has 1 saturated carbocycles. The topological polar surface area (TPSA) is 99.4 Å². The standard InChI is InChI=1S/C22H27ClO6S/c23-22-13(9-12-5-7-15(8-6-12)28-14-3-1-2-4-14)10-17(30-22)21-20(27)19(26)18(25)16(11-24)29-21/h5-8,10,14,16,18-21,24-27H,1-4,9,11H2/t16-,18-,19+,20-,21+/m1/s1. The van der Waals surface area contributed by atoms with Gasteiger partial charge in [0, 0.05) is 4.88 Å². The van der Waals surface area contributed by atoms with Crippen molar-refractivity contribution in [2.75, 3.05) is 6.61 Å². The van der Waals surface area contributed by atoms with E-state index in [1.165, 1.54) is 24.2 Å². The van der Waals surface area contributed by atoms with Gasteiger partial charge in [-0.05, 0) is 61.4 Å². The molecule has 30 heavy (non-hydrogen) atoms. The number of benzene rings is 1. The third-order valence-corrected chi connectivity index (χ3v) is 7.37. The summed E-state index contributed by atoms with van der Waals surface area (Å²) in [6, 6.07) is 9.85. The molecule has 6 nitrogen and oxygen atoms in total. The van der Waals surface area contributed by atoms with Crippen LogP contribution in [-0.2, 0) is 11.2 Å². The number of ether oxygens (including phenoxy) is 2. The SMILES string of the molecule is OC[C@H]1O[C@@H](c2cc(Cc3ccc(OC4CCCC4)cc3)c(Cl)s2)[C@H](O)[C@@H](O)[C@@H]1O. The van der Waals surface area contributed by atoms with Crippen molar-refractivity contribution in [1.82, 2.24) is 0 Å². The molecule has 2 aliphatic rings. The summed E-state index contributed by atoms with van der Waals surface area (Å²) in [5.74, 6) is 0.879. The van der Waals surface area contributed by atoms with Gasteiger partial charge >= 0.3 is 0 Å². The number of rotatable bonds is 6. The molecule has 0 bridgehead atoms. The van der Waals surface area contributed by atoms with Crippen LogP contribution in [-0.4, -0.2) is 57.6 Å². The van der Waals surface area contributed by atoms with Crippen LogP contribution >= 0.6 is 22.9 Å². The third kappa shape index (κ3) is 4.67. The molecule has 8 heteroatoms. The van der Waals surface area contributed by atoms with E-state index >= 15 is 0 Å². The summed E-state index contributed by atoms with van der Waals surface area (Å²) in [4.78, 5) is 0.646. The number of halogens is 1. The number of hydrogen-bond acceptors (Lipinski definition) is 7. The van der Waals surface area contributed by atoms with Crippen molar-refractivity contribution in [3.63, 3.8) is 0 Å². The Morgan fingerprint density at radius 3 is 2.40 bits per heavy atom. The first kappa shape index (κ1) is 22.0. The molecule has 0 unspecified atom stereocenters. The Hall–Kier alpha value is -1.19. The molecule has 2 aromatic rings.